The number of thiazole rings is 1. The number of fused-ring (bicyclic) bond motifs is 2. The third-order valence-corrected chi connectivity index (χ3v) is 6.11. The number of carbonyl (C=O) groups is 1. The highest BCUT2D eigenvalue weighted by molar-refractivity contribution is 7.20. The number of hydrogen-bond acceptors (Lipinski definition) is 5. The molecule has 1 aliphatic rings. The number of anilines is 1. The maximum atomic E-state index is 13.8. The fourth-order valence-corrected chi connectivity index (χ4v) is 4.76. The molecule has 6 nitrogen and oxygen atoms in total. The van der Waals surface area contributed by atoms with Gasteiger partial charge in [-0.15, -0.1) is 0 Å². The van der Waals surface area contributed by atoms with Crippen molar-refractivity contribution in [2.75, 3.05) is 12.4 Å². The highest BCUT2D eigenvalue weighted by Crippen LogP contribution is 2.41. The van der Waals surface area contributed by atoms with Crippen molar-refractivity contribution in [1.82, 2.24) is 14.8 Å². The van der Waals surface area contributed by atoms with Crippen molar-refractivity contribution in [2.45, 2.75) is 19.3 Å². The van der Waals surface area contributed by atoms with Crippen molar-refractivity contribution in [3.63, 3.8) is 0 Å². The molecule has 146 valence electrons. The van der Waals surface area contributed by atoms with E-state index in [2.05, 4.69) is 15.4 Å². The van der Waals surface area contributed by atoms with Gasteiger partial charge in [0.1, 0.15) is 17.4 Å². The van der Waals surface area contributed by atoms with E-state index < -0.39 is 0 Å². The van der Waals surface area contributed by atoms with Gasteiger partial charge in [0, 0.05) is 17.9 Å². The van der Waals surface area contributed by atoms with Crippen molar-refractivity contribution in [3.8, 4) is 10.9 Å². The van der Waals surface area contributed by atoms with E-state index in [0.717, 1.165) is 32.8 Å². The fourth-order valence-electron chi connectivity index (χ4n) is 3.80. The summed E-state index contributed by atoms with van der Waals surface area (Å²) in [5.41, 5.74) is 3.27. The molecule has 1 N–H and O–H groups in total. The van der Waals surface area contributed by atoms with Gasteiger partial charge in [0.15, 0.2) is 0 Å². The molecule has 0 saturated heterocycles. The minimum atomic E-state index is -0.319. The van der Waals surface area contributed by atoms with Crippen LogP contribution in [0.4, 0.5) is 10.2 Å². The lowest BCUT2D eigenvalue weighted by molar-refractivity contribution is -0.116. The second-order valence-corrected chi connectivity index (χ2v) is 7.96. The minimum Gasteiger partial charge on any atom is -0.497 e. The van der Waals surface area contributed by atoms with E-state index in [1.807, 2.05) is 31.2 Å². The number of rotatable bonds is 3. The molecule has 3 heterocycles. The molecule has 1 atom stereocenters. The third-order valence-electron chi connectivity index (χ3n) is 5.12. The lowest BCUT2D eigenvalue weighted by atomic mass is 9.86. The summed E-state index contributed by atoms with van der Waals surface area (Å²) in [5.74, 6) is 0.651. The third kappa shape index (κ3) is 2.96. The Hall–Kier alpha value is -3.26. The minimum absolute atomic E-state index is 0.129. The van der Waals surface area contributed by atoms with Crippen LogP contribution in [-0.2, 0) is 4.79 Å². The lowest BCUT2D eigenvalue weighted by Gasteiger charge is -2.24. The first kappa shape index (κ1) is 17.8. The maximum Gasteiger partial charge on any atom is 0.226 e. The molecule has 29 heavy (non-hydrogen) atoms. The van der Waals surface area contributed by atoms with Crippen LogP contribution in [0.2, 0.25) is 0 Å². The fraction of sp³-hybridized carbons (Fsp3) is 0.190. The van der Waals surface area contributed by atoms with Gasteiger partial charge in [-0.05, 0) is 42.8 Å². The molecule has 1 amide bonds. The van der Waals surface area contributed by atoms with Crippen molar-refractivity contribution in [1.29, 1.82) is 0 Å². The Morgan fingerprint density at radius 1 is 1.28 bits per heavy atom. The highest BCUT2D eigenvalue weighted by atomic mass is 32.1. The van der Waals surface area contributed by atoms with Crippen LogP contribution in [0.1, 0.15) is 29.2 Å². The van der Waals surface area contributed by atoms with Crippen molar-refractivity contribution in [2.24, 2.45) is 0 Å². The van der Waals surface area contributed by atoms with E-state index in [0.29, 0.717) is 10.9 Å². The first-order chi connectivity index (χ1) is 14.0. The van der Waals surface area contributed by atoms with Crippen LogP contribution in [0, 0.1) is 12.7 Å². The molecular formula is C21H17FN4O2S. The Balaban J connectivity index is 1.66. The zero-order chi connectivity index (χ0) is 20.1. The zero-order valence-electron chi connectivity index (χ0n) is 15.8. The van der Waals surface area contributed by atoms with Crippen molar-refractivity contribution < 1.29 is 13.9 Å². The average molecular weight is 408 g/mol. The Labute approximate surface area is 170 Å². The number of amides is 1. The van der Waals surface area contributed by atoms with Crippen LogP contribution in [-0.4, -0.2) is 27.8 Å². The summed E-state index contributed by atoms with van der Waals surface area (Å²) in [4.78, 5) is 17.1. The summed E-state index contributed by atoms with van der Waals surface area (Å²) in [6.45, 7) is 1.90. The van der Waals surface area contributed by atoms with Crippen LogP contribution < -0.4 is 10.1 Å². The topological polar surface area (TPSA) is 69.0 Å². The molecule has 5 rings (SSSR count). The molecule has 0 saturated carbocycles. The Bertz CT molecular complexity index is 1260. The molecule has 0 aliphatic carbocycles. The van der Waals surface area contributed by atoms with Gasteiger partial charge < -0.3 is 10.1 Å². The Morgan fingerprint density at radius 2 is 2.14 bits per heavy atom. The van der Waals surface area contributed by atoms with Crippen molar-refractivity contribution in [3.05, 3.63) is 65.1 Å². The number of carbonyl (C=O) groups excluding carboxylic acids is 1. The zero-order valence-corrected chi connectivity index (χ0v) is 16.6. The van der Waals surface area contributed by atoms with Crippen molar-refractivity contribution >= 4 is 33.3 Å². The highest BCUT2D eigenvalue weighted by Gasteiger charge is 2.33. The molecule has 0 radical (unpaired) electrons. The number of hydrogen-bond donors (Lipinski definition) is 1. The summed E-state index contributed by atoms with van der Waals surface area (Å²) in [6, 6.07) is 12.1. The molecule has 4 aromatic rings. The summed E-state index contributed by atoms with van der Waals surface area (Å²) >= 11 is 1.46. The normalized spacial score (nSPS) is 16.0. The summed E-state index contributed by atoms with van der Waals surface area (Å²) in [5, 5.41) is 8.25. The molecule has 0 bridgehead atoms. The Kier molecular flexibility index (Phi) is 4.09. The van der Waals surface area contributed by atoms with Gasteiger partial charge >= 0.3 is 0 Å². The maximum absolute atomic E-state index is 13.8. The molecule has 8 heteroatoms. The van der Waals surface area contributed by atoms with Gasteiger partial charge in [-0.3, -0.25) is 4.79 Å². The van der Waals surface area contributed by atoms with Gasteiger partial charge in [-0.1, -0.05) is 23.5 Å². The largest absolute Gasteiger partial charge is 0.497 e. The smallest absolute Gasteiger partial charge is 0.226 e. The molecular weight excluding hydrogens is 391 g/mol. The molecule has 2 aromatic heterocycles. The monoisotopic (exact) mass is 408 g/mol. The van der Waals surface area contributed by atoms with Gasteiger partial charge in [0.25, 0.3) is 0 Å². The van der Waals surface area contributed by atoms with Gasteiger partial charge in [-0.25, -0.2) is 9.37 Å². The molecule has 0 unspecified atom stereocenters. The molecule has 0 spiro atoms. The van der Waals surface area contributed by atoms with Crippen LogP contribution >= 0.6 is 11.3 Å². The van der Waals surface area contributed by atoms with Crippen LogP contribution in [0.15, 0.2) is 42.5 Å². The number of nitrogens with zero attached hydrogens (tertiary/aromatic N) is 3. The van der Waals surface area contributed by atoms with Gasteiger partial charge in [0.05, 0.1) is 23.0 Å². The van der Waals surface area contributed by atoms with E-state index >= 15 is 0 Å². The molecule has 0 fully saturated rings. The van der Waals surface area contributed by atoms with Crippen LogP contribution in [0.5, 0.6) is 5.75 Å². The van der Waals surface area contributed by atoms with Gasteiger partial charge in [-0.2, -0.15) is 9.78 Å². The average Bonchev–Trinajstić information content (AvgIpc) is 3.27. The number of nitrogens with one attached hydrogen (secondary N) is 1. The van der Waals surface area contributed by atoms with E-state index in [9.17, 15) is 9.18 Å². The number of benzene rings is 2. The number of aryl methyl sites for hydroxylation is 1. The van der Waals surface area contributed by atoms with E-state index in [1.165, 1.54) is 23.5 Å². The number of methoxy groups -OCH3 is 1. The SMILES string of the molecule is COc1ccc2nc(-n3nc(C)c4c3NC(=O)C[C@@H]4c3cccc(F)c3)sc2c1. The van der Waals surface area contributed by atoms with Crippen LogP contribution in [0.3, 0.4) is 0 Å². The lowest BCUT2D eigenvalue weighted by Crippen LogP contribution is -2.25. The summed E-state index contributed by atoms with van der Waals surface area (Å²) < 4.78 is 21.7. The number of aromatic nitrogens is 3. The first-order valence-corrected chi connectivity index (χ1v) is 9.95. The predicted octanol–water partition coefficient (Wildman–Crippen LogP) is 4.41. The number of ether oxygens (including phenoxy) is 1. The standard InChI is InChI=1S/C21H17FN4O2S/c1-11-19-15(12-4-3-5-13(22)8-12)10-18(27)24-20(19)26(25-11)21-23-16-7-6-14(28-2)9-17(16)29-21/h3-9,15H,10H2,1-2H3,(H,24,27)/t15-/m1/s1. The second kappa shape index (κ2) is 6.66. The predicted molar refractivity (Wildman–Crippen MR) is 110 cm³/mol. The second-order valence-electron chi connectivity index (χ2n) is 6.95. The molecule has 2 aromatic carbocycles. The summed E-state index contributed by atoms with van der Waals surface area (Å²) in [7, 11) is 1.62. The Morgan fingerprint density at radius 3 is 2.93 bits per heavy atom. The summed E-state index contributed by atoms with van der Waals surface area (Å²) in [6.07, 6.45) is 0.250. The van der Waals surface area contributed by atoms with Crippen LogP contribution in [0.25, 0.3) is 15.3 Å². The molecule has 1 aliphatic heterocycles. The first-order valence-electron chi connectivity index (χ1n) is 9.13. The van der Waals surface area contributed by atoms with E-state index in [4.69, 9.17) is 4.74 Å². The number of halogens is 1. The van der Waals surface area contributed by atoms with E-state index in [-0.39, 0.29) is 24.1 Å². The quantitative estimate of drug-likeness (QED) is 0.545. The van der Waals surface area contributed by atoms with Gasteiger partial charge in [0.2, 0.25) is 11.0 Å². The van der Waals surface area contributed by atoms with E-state index in [1.54, 1.807) is 17.9 Å².